The van der Waals surface area contributed by atoms with Crippen molar-refractivity contribution in [3.8, 4) is 5.75 Å². The van der Waals surface area contributed by atoms with Crippen LogP contribution in [0.3, 0.4) is 0 Å². The lowest BCUT2D eigenvalue weighted by atomic mass is 9.71. The molecule has 1 aromatic heterocycles. The average Bonchev–Trinajstić information content (AvgIpc) is 3.63. The maximum atomic E-state index is 14.0. The number of fused-ring (bicyclic) bond motifs is 1. The second-order valence-corrected chi connectivity index (χ2v) is 9.86. The van der Waals surface area contributed by atoms with Gasteiger partial charge >= 0.3 is 5.97 Å². The number of ether oxygens (including phenoxy) is 2. The number of nitrogens with one attached hydrogen (secondary N) is 2. The van der Waals surface area contributed by atoms with Crippen LogP contribution < -0.4 is 10.1 Å². The molecule has 0 fully saturated rings. The van der Waals surface area contributed by atoms with Gasteiger partial charge in [-0.25, -0.2) is 4.79 Å². The van der Waals surface area contributed by atoms with Gasteiger partial charge in [0.05, 0.1) is 24.9 Å². The standard InChI is InChI=1S/C31H29N3O4.2H2/c1-18-28(31(36)38-17-20-7-6-13-32-20)29(23-9-5-10-24-22(23)12-14-33-24)30-25(34-18)15-19(16-26(30)35)21-8-3-4-11-27(21)37-2;;/h3-12,14,19,29,33-34H,13,15-17H2,1-2H3;2*1H/t19-,29?;;/m1../s1. The fourth-order valence-corrected chi connectivity index (χ4v) is 5.93. The first-order valence-corrected chi connectivity index (χ1v) is 12.8. The summed E-state index contributed by atoms with van der Waals surface area (Å²) < 4.78 is 11.3. The van der Waals surface area contributed by atoms with Gasteiger partial charge in [0.15, 0.2) is 5.78 Å². The molecule has 3 heterocycles. The number of aromatic nitrogens is 1. The number of allylic oxidation sites excluding steroid dienone is 3. The molecule has 2 aromatic carbocycles. The van der Waals surface area contributed by atoms with E-state index in [-0.39, 0.29) is 21.2 Å². The molecule has 0 bridgehead atoms. The number of para-hydroxylation sites is 1. The molecule has 7 heteroatoms. The molecule has 2 N–H and O–H groups in total. The van der Waals surface area contributed by atoms with Crippen molar-refractivity contribution < 1.29 is 21.9 Å². The van der Waals surface area contributed by atoms with Crippen molar-refractivity contribution in [3.63, 3.8) is 0 Å². The van der Waals surface area contributed by atoms with Crippen molar-refractivity contribution in [2.24, 2.45) is 4.99 Å². The second-order valence-electron chi connectivity index (χ2n) is 9.86. The Hall–Kier alpha value is -4.39. The number of aliphatic imine (C=N–C) groups is 1. The molecule has 2 aliphatic heterocycles. The monoisotopic (exact) mass is 511 g/mol. The van der Waals surface area contributed by atoms with Crippen LogP contribution in [0.15, 0.2) is 94.4 Å². The average molecular weight is 512 g/mol. The fraction of sp³-hybridized carbons (Fsp3) is 0.258. The van der Waals surface area contributed by atoms with Gasteiger partial charge in [-0.3, -0.25) is 9.79 Å². The molecule has 0 saturated heterocycles. The third-order valence-corrected chi connectivity index (χ3v) is 7.63. The third-order valence-electron chi connectivity index (χ3n) is 7.63. The number of hydrogen-bond donors (Lipinski definition) is 2. The first-order valence-electron chi connectivity index (χ1n) is 12.8. The van der Waals surface area contributed by atoms with Gasteiger partial charge in [-0.1, -0.05) is 36.4 Å². The summed E-state index contributed by atoms with van der Waals surface area (Å²) in [6.45, 7) is 2.59. The lowest BCUT2D eigenvalue weighted by molar-refractivity contribution is -0.137. The molecule has 38 heavy (non-hydrogen) atoms. The zero-order chi connectivity index (χ0) is 26.2. The van der Waals surface area contributed by atoms with Crippen LogP contribution in [0.4, 0.5) is 0 Å². The zero-order valence-corrected chi connectivity index (χ0v) is 21.4. The van der Waals surface area contributed by atoms with Crippen LogP contribution in [0.25, 0.3) is 10.9 Å². The molecule has 3 aromatic rings. The second kappa shape index (κ2) is 9.82. The van der Waals surface area contributed by atoms with Crippen LogP contribution in [0.1, 0.15) is 45.6 Å². The van der Waals surface area contributed by atoms with Crippen molar-refractivity contribution in [3.05, 3.63) is 101 Å². The number of aromatic amines is 1. The number of carbonyl (C=O) groups is 2. The highest BCUT2D eigenvalue weighted by Gasteiger charge is 2.42. The van der Waals surface area contributed by atoms with Gasteiger partial charge in [-0.2, -0.15) is 0 Å². The van der Waals surface area contributed by atoms with E-state index >= 15 is 0 Å². The minimum absolute atomic E-state index is 0. The quantitative estimate of drug-likeness (QED) is 0.421. The highest BCUT2D eigenvalue weighted by molar-refractivity contribution is 6.06. The Kier molecular flexibility index (Phi) is 6.19. The van der Waals surface area contributed by atoms with Crippen LogP contribution >= 0.6 is 0 Å². The molecule has 3 aliphatic rings. The van der Waals surface area contributed by atoms with Crippen molar-refractivity contribution >= 4 is 28.4 Å². The zero-order valence-electron chi connectivity index (χ0n) is 21.4. The number of esters is 1. The SMILES string of the molecule is COc1ccccc1[C@H]1CC(=O)C2=C(C1)NC(C)=C(C(=O)OCC1=NCC=C1)C2c1cccc2[nH]ccc12.[HH].[HH]. The van der Waals surface area contributed by atoms with Crippen LogP contribution in [0.2, 0.25) is 0 Å². The van der Waals surface area contributed by atoms with E-state index in [4.69, 9.17) is 9.47 Å². The van der Waals surface area contributed by atoms with Crippen LogP contribution in [0, 0.1) is 0 Å². The molecule has 1 aliphatic carbocycles. The van der Waals surface area contributed by atoms with Gasteiger partial charge in [0.2, 0.25) is 0 Å². The van der Waals surface area contributed by atoms with Gasteiger partial charge in [0, 0.05) is 55.2 Å². The number of Topliss-reactive ketones (excluding diaryl/α,β-unsaturated/α-hetero) is 1. The Morgan fingerprint density at radius 2 is 1.95 bits per heavy atom. The lowest BCUT2D eigenvalue weighted by Crippen LogP contribution is -2.36. The molecule has 6 rings (SSSR count). The predicted octanol–water partition coefficient (Wildman–Crippen LogP) is 5.58. The molecule has 196 valence electrons. The third kappa shape index (κ3) is 4.14. The largest absolute Gasteiger partial charge is 0.496 e. The van der Waals surface area contributed by atoms with Gasteiger partial charge in [0.25, 0.3) is 0 Å². The summed E-state index contributed by atoms with van der Waals surface area (Å²) in [7, 11) is 1.65. The number of methoxy groups -OCH3 is 1. The van der Waals surface area contributed by atoms with Gasteiger partial charge in [-0.05, 0) is 48.7 Å². The van der Waals surface area contributed by atoms with E-state index in [0.717, 1.165) is 39.2 Å². The minimum atomic E-state index is -0.537. The highest BCUT2D eigenvalue weighted by atomic mass is 16.5. The number of dihydropyridines is 1. The summed E-state index contributed by atoms with van der Waals surface area (Å²) in [4.78, 5) is 35.2. The van der Waals surface area contributed by atoms with E-state index in [0.29, 0.717) is 36.2 Å². The van der Waals surface area contributed by atoms with E-state index in [9.17, 15) is 9.59 Å². The van der Waals surface area contributed by atoms with E-state index in [1.54, 1.807) is 7.11 Å². The van der Waals surface area contributed by atoms with Gasteiger partial charge < -0.3 is 19.8 Å². The van der Waals surface area contributed by atoms with Crippen molar-refractivity contribution in [1.29, 1.82) is 0 Å². The fourth-order valence-electron chi connectivity index (χ4n) is 5.93. The summed E-state index contributed by atoms with van der Waals surface area (Å²) >= 11 is 0. The maximum absolute atomic E-state index is 14.0. The van der Waals surface area contributed by atoms with Crippen molar-refractivity contribution in [2.45, 2.75) is 31.6 Å². The van der Waals surface area contributed by atoms with Crippen LogP contribution in [-0.2, 0) is 14.3 Å². The minimum Gasteiger partial charge on any atom is -0.496 e. The summed E-state index contributed by atoms with van der Waals surface area (Å²) in [6.07, 6.45) is 6.66. The normalized spacial score (nSPS) is 20.9. The van der Waals surface area contributed by atoms with E-state index in [1.807, 2.05) is 73.8 Å². The Morgan fingerprint density at radius 1 is 1.11 bits per heavy atom. The molecule has 0 radical (unpaired) electrons. The number of nitrogens with zero attached hydrogens (tertiary/aromatic N) is 1. The number of carbonyl (C=O) groups excluding carboxylic acids is 2. The molecule has 1 unspecified atom stereocenters. The number of rotatable bonds is 6. The Balaban J connectivity index is 0.00000185. The maximum Gasteiger partial charge on any atom is 0.337 e. The molecule has 2 atom stereocenters. The Labute approximate surface area is 223 Å². The first-order chi connectivity index (χ1) is 18.5. The van der Waals surface area contributed by atoms with E-state index in [2.05, 4.69) is 15.3 Å². The molecule has 0 saturated carbocycles. The number of ketones is 1. The van der Waals surface area contributed by atoms with Crippen LogP contribution in [0.5, 0.6) is 5.75 Å². The summed E-state index contributed by atoms with van der Waals surface area (Å²) in [5.41, 5.74) is 6.26. The highest BCUT2D eigenvalue weighted by Crippen LogP contribution is 2.48. The van der Waals surface area contributed by atoms with E-state index in [1.165, 1.54) is 0 Å². The first kappa shape index (κ1) is 24.0. The molecule has 7 nitrogen and oxygen atoms in total. The van der Waals surface area contributed by atoms with Crippen molar-refractivity contribution in [2.75, 3.05) is 20.3 Å². The van der Waals surface area contributed by atoms with Gasteiger partial charge in [0.1, 0.15) is 12.4 Å². The lowest BCUT2D eigenvalue weighted by Gasteiger charge is -2.37. The topological polar surface area (TPSA) is 92.8 Å². The molecule has 0 spiro atoms. The number of hydrogen-bond acceptors (Lipinski definition) is 6. The number of benzene rings is 2. The smallest absolute Gasteiger partial charge is 0.337 e. The predicted molar refractivity (Wildman–Crippen MR) is 151 cm³/mol. The Morgan fingerprint density at radius 3 is 2.76 bits per heavy atom. The summed E-state index contributed by atoms with van der Waals surface area (Å²) in [6, 6.07) is 15.8. The van der Waals surface area contributed by atoms with E-state index < -0.39 is 11.9 Å². The molecule has 0 amide bonds. The van der Waals surface area contributed by atoms with Gasteiger partial charge in [-0.15, -0.1) is 0 Å². The summed E-state index contributed by atoms with van der Waals surface area (Å²) in [5, 5.41) is 4.41. The molecular formula is C31H33N3O4. The van der Waals surface area contributed by atoms with Crippen molar-refractivity contribution in [1.82, 2.24) is 10.3 Å². The molecular weight excluding hydrogens is 478 g/mol. The van der Waals surface area contributed by atoms with Crippen LogP contribution in [-0.4, -0.2) is 42.7 Å². The summed E-state index contributed by atoms with van der Waals surface area (Å²) in [5.74, 6) is -0.207. The number of H-pyrrole nitrogens is 1. The Bertz CT molecular complexity index is 1580.